The van der Waals surface area contributed by atoms with Crippen LogP contribution in [-0.4, -0.2) is 22.9 Å². The molecule has 6 nitrogen and oxygen atoms in total. The van der Waals surface area contributed by atoms with Crippen LogP contribution in [0.15, 0.2) is 72.0 Å². The smallest absolute Gasteiger partial charge is 0.286 e. The third kappa shape index (κ3) is 4.07. The number of nitrogens with zero attached hydrogens (tertiary/aromatic N) is 3. The third-order valence-electron chi connectivity index (χ3n) is 4.80. The van der Waals surface area contributed by atoms with Crippen LogP contribution >= 0.6 is 11.6 Å². The van der Waals surface area contributed by atoms with Crippen molar-refractivity contribution in [2.75, 3.05) is 5.01 Å². The Kier molecular flexibility index (Phi) is 5.18. The van der Waals surface area contributed by atoms with Crippen LogP contribution in [0.2, 0.25) is 5.02 Å². The van der Waals surface area contributed by atoms with Gasteiger partial charge in [0.25, 0.3) is 5.91 Å². The number of primary amides is 1. The minimum atomic E-state index is -0.604. The summed E-state index contributed by atoms with van der Waals surface area (Å²) >= 11 is 6.19. The second-order valence-corrected chi connectivity index (χ2v) is 7.31. The van der Waals surface area contributed by atoms with Crippen molar-refractivity contribution in [1.82, 2.24) is 10.3 Å². The fourth-order valence-electron chi connectivity index (χ4n) is 3.35. The Morgan fingerprint density at radius 3 is 2.72 bits per heavy atom. The lowest BCUT2D eigenvalue weighted by Gasteiger charge is -2.23. The van der Waals surface area contributed by atoms with Crippen molar-refractivity contribution in [2.24, 2.45) is 10.8 Å². The fraction of sp³-hybridized carbons (Fsp3) is 0.136. The van der Waals surface area contributed by atoms with E-state index in [0.29, 0.717) is 17.3 Å². The molecule has 4 rings (SSSR count). The van der Waals surface area contributed by atoms with Crippen LogP contribution in [0.4, 0.5) is 5.82 Å². The lowest BCUT2D eigenvalue weighted by molar-refractivity contribution is -0.112. The molecule has 2 aromatic carbocycles. The van der Waals surface area contributed by atoms with E-state index in [-0.39, 0.29) is 12.0 Å². The van der Waals surface area contributed by atoms with Gasteiger partial charge in [-0.3, -0.25) is 4.79 Å². The molecule has 2 heterocycles. The van der Waals surface area contributed by atoms with Gasteiger partial charge in [-0.25, -0.2) is 9.99 Å². The molecule has 3 aromatic rings. The van der Waals surface area contributed by atoms with E-state index in [2.05, 4.69) is 15.4 Å². The van der Waals surface area contributed by atoms with Gasteiger partial charge >= 0.3 is 0 Å². The highest BCUT2D eigenvalue weighted by molar-refractivity contribution is 6.38. The van der Waals surface area contributed by atoms with E-state index < -0.39 is 5.91 Å². The first-order valence-electron chi connectivity index (χ1n) is 9.22. The number of benzene rings is 2. The lowest BCUT2D eigenvalue weighted by atomic mass is 10.0. The van der Waals surface area contributed by atoms with Crippen molar-refractivity contribution in [1.29, 1.82) is 0 Å². The van der Waals surface area contributed by atoms with Gasteiger partial charge in [0.05, 0.1) is 0 Å². The number of rotatable bonds is 5. The molecule has 0 fully saturated rings. The number of amidine groups is 1. The molecule has 1 aromatic heterocycles. The summed E-state index contributed by atoms with van der Waals surface area (Å²) in [6.07, 6.45) is 2.08. The van der Waals surface area contributed by atoms with Crippen LogP contribution in [0.1, 0.15) is 11.1 Å². The van der Waals surface area contributed by atoms with Gasteiger partial charge in [0, 0.05) is 17.6 Å². The predicted molar refractivity (Wildman–Crippen MR) is 116 cm³/mol. The number of carbonyl (C=O) groups excluding carboxylic acids is 1. The number of amides is 1. The molecule has 0 saturated carbocycles. The highest BCUT2D eigenvalue weighted by atomic mass is 35.5. The summed E-state index contributed by atoms with van der Waals surface area (Å²) in [7, 11) is 0. The summed E-state index contributed by atoms with van der Waals surface area (Å²) in [5, 5.41) is 9.87. The Balaban J connectivity index is 1.70. The normalized spacial score (nSPS) is 15.7. The van der Waals surface area contributed by atoms with E-state index in [0.717, 1.165) is 22.3 Å². The first kappa shape index (κ1) is 19.0. The van der Waals surface area contributed by atoms with Gasteiger partial charge in [-0.1, -0.05) is 48.0 Å². The molecule has 1 unspecified atom stereocenters. The monoisotopic (exact) mass is 405 g/mol. The quantitative estimate of drug-likeness (QED) is 0.680. The summed E-state index contributed by atoms with van der Waals surface area (Å²) in [5.74, 6) is 0.135. The molecule has 7 heteroatoms. The minimum Gasteiger partial charge on any atom is -0.363 e. The maximum absolute atomic E-state index is 11.7. The molecule has 1 amide bonds. The number of carbonyl (C=O) groups is 1. The van der Waals surface area contributed by atoms with Crippen LogP contribution < -0.4 is 16.1 Å². The summed E-state index contributed by atoms with van der Waals surface area (Å²) in [5.41, 5.74) is 9.66. The first-order valence-corrected chi connectivity index (χ1v) is 9.60. The largest absolute Gasteiger partial charge is 0.363 e. The van der Waals surface area contributed by atoms with Gasteiger partial charge in [-0.15, -0.1) is 5.10 Å². The number of halogens is 1. The van der Waals surface area contributed by atoms with Crippen LogP contribution in [0, 0.1) is 6.92 Å². The average Bonchev–Trinajstić information content (AvgIpc) is 3.15. The number of aryl methyl sites for hydroxylation is 1. The number of nitrogens with two attached hydrogens (primary N) is 1. The summed E-state index contributed by atoms with van der Waals surface area (Å²) < 4.78 is 0. The van der Waals surface area contributed by atoms with Crippen LogP contribution in [-0.2, 0) is 11.2 Å². The first-order chi connectivity index (χ1) is 14.0. The summed E-state index contributed by atoms with van der Waals surface area (Å²) in [4.78, 5) is 16.2. The van der Waals surface area contributed by atoms with Crippen molar-refractivity contribution in [3.8, 4) is 11.1 Å². The second kappa shape index (κ2) is 7.93. The Morgan fingerprint density at radius 2 is 1.97 bits per heavy atom. The Bertz CT molecular complexity index is 1080. The number of hydrogen-bond donors (Lipinski definition) is 2. The maximum atomic E-state index is 11.7. The zero-order valence-corrected chi connectivity index (χ0v) is 16.6. The number of anilines is 1. The van der Waals surface area contributed by atoms with Crippen molar-refractivity contribution in [3.63, 3.8) is 0 Å². The van der Waals surface area contributed by atoms with Gasteiger partial charge < -0.3 is 11.1 Å². The number of hydrazone groups is 1. The molecule has 3 N–H and O–H groups in total. The van der Waals surface area contributed by atoms with Crippen molar-refractivity contribution in [2.45, 2.75) is 19.5 Å². The van der Waals surface area contributed by atoms with E-state index in [1.807, 2.05) is 67.6 Å². The average molecular weight is 406 g/mol. The molecule has 0 saturated heterocycles. The SMILES string of the molecule is Cc1ccc(Cl)cc1-c1ccnc(N2N=C(C(N)=O)NC2Cc2ccccc2)c1. The Morgan fingerprint density at radius 1 is 1.17 bits per heavy atom. The van der Waals surface area contributed by atoms with E-state index >= 15 is 0 Å². The minimum absolute atomic E-state index is 0.122. The molecule has 0 spiro atoms. The highest BCUT2D eigenvalue weighted by Gasteiger charge is 2.30. The molecule has 0 bridgehead atoms. The molecule has 0 radical (unpaired) electrons. The zero-order valence-electron chi connectivity index (χ0n) is 15.8. The van der Waals surface area contributed by atoms with Gasteiger partial charge in [-0.2, -0.15) is 0 Å². The number of hydrogen-bond acceptors (Lipinski definition) is 5. The molecule has 146 valence electrons. The Hall–Kier alpha value is -3.38. The molecule has 1 aliphatic heterocycles. The van der Waals surface area contributed by atoms with Crippen LogP contribution in [0.25, 0.3) is 11.1 Å². The van der Waals surface area contributed by atoms with Crippen molar-refractivity contribution < 1.29 is 4.79 Å². The van der Waals surface area contributed by atoms with E-state index in [1.165, 1.54) is 0 Å². The van der Waals surface area contributed by atoms with Crippen molar-refractivity contribution >= 4 is 29.2 Å². The molecule has 1 atom stereocenters. The van der Waals surface area contributed by atoms with Crippen LogP contribution in [0.5, 0.6) is 0 Å². The summed E-state index contributed by atoms with van der Waals surface area (Å²) in [6.45, 7) is 2.03. The lowest BCUT2D eigenvalue weighted by Crippen LogP contribution is -2.43. The predicted octanol–water partition coefficient (Wildman–Crippen LogP) is 3.49. The topological polar surface area (TPSA) is 83.6 Å². The third-order valence-corrected chi connectivity index (χ3v) is 5.04. The molecule has 1 aliphatic rings. The molecule has 29 heavy (non-hydrogen) atoms. The van der Waals surface area contributed by atoms with Crippen LogP contribution in [0.3, 0.4) is 0 Å². The molecular weight excluding hydrogens is 386 g/mol. The summed E-state index contributed by atoms with van der Waals surface area (Å²) in [6, 6.07) is 19.6. The fourth-order valence-corrected chi connectivity index (χ4v) is 3.52. The number of pyridine rings is 1. The molecule has 0 aliphatic carbocycles. The maximum Gasteiger partial charge on any atom is 0.286 e. The molecular formula is C22H20ClN5O. The van der Waals surface area contributed by atoms with Gasteiger partial charge in [0.15, 0.2) is 5.82 Å². The highest BCUT2D eigenvalue weighted by Crippen LogP contribution is 2.30. The second-order valence-electron chi connectivity index (χ2n) is 6.87. The van der Waals surface area contributed by atoms with E-state index in [4.69, 9.17) is 17.3 Å². The standard InChI is InChI=1S/C22H20ClN5O/c1-14-7-8-17(23)13-18(14)16-9-10-25-19(12-16)28-20(26-22(27-28)21(24)29)11-15-5-3-2-4-6-15/h2-10,12-13,20H,11H2,1H3,(H2,24,29)(H,26,27). The van der Waals surface area contributed by atoms with E-state index in [1.54, 1.807) is 11.2 Å². The van der Waals surface area contributed by atoms with Gasteiger partial charge in [0.1, 0.15) is 6.17 Å². The van der Waals surface area contributed by atoms with E-state index in [9.17, 15) is 4.79 Å². The van der Waals surface area contributed by atoms with Gasteiger partial charge in [-0.05, 0) is 53.4 Å². The Labute approximate surface area is 174 Å². The number of aromatic nitrogens is 1. The zero-order chi connectivity index (χ0) is 20.4. The number of nitrogens with one attached hydrogen (secondary N) is 1. The van der Waals surface area contributed by atoms with Crippen molar-refractivity contribution in [3.05, 3.63) is 83.0 Å². The van der Waals surface area contributed by atoms with Gasteiger partial charge in [0.2, 0.25) is 5.84 Å².